The lowest BCUT2D eigenvalue weighted by molar-refractivity contribution is -0.173. The first-order chi connectivity index (χ1) is 23.9. The smallest absolute Gasteiger partial charge is 0.323 e. The fourth-order valence-corrected chi connectivity index (χ4v) is 7.99. The summed E-state index contributed by atoms with van der Waals surface area (Å²) in [6, 6.07) is 12.7. The number of thioether (sulfide) groups is 2. The van der Waals surface area contributed by atoms with Crippen LogP contribution in [0.1, 0.15) is 41.0 Å². The number of rotatable bonds is 14. The van der Waals surface area contributed by atoms with E-state index >= 15 is 0 Å². The van der Waals surface area contributed by atoms with Gasteiger partial charge in [-0.2, -0.15) is 0 Å². The van der Waals surface area contributed by atoms with Crippen LogP contribution in [0.15, 0.2) is 58.3 Å². The lowest BCUT2D eigenvalue weighted by atomic mass is 9.77. The van der Waals surface area contributed by atoms with Crippen molar-refractivity contribution < 1.29 is 48.8 Å². The fraction of sp³-hybridized carbons (Fsp3) is 0.486. The van der Waals surface area contributed by atoms with Crippen LogP contribution < -0.4 is 0 Å². The Balaban J connectivity index is 0.000000277. The number of carbonyl (C=O) groups excluding carboxylic acids is 5. The number of carbonyl (C=O) groups is 6. The number of hydrogen-bond donors (Lipinski definition) is 3. The maximum atomic E-state index is 12.7. The highest BCUT2D eigenvalue weighted by atomic mass is 35.5. The number of hydrogen-bond acceptors (Lipinski definition) is 11. The summed E-state index contributed by atoms with van der Waals surface area (Å²) in [6.45, 7) is 7.90. The number of esters is 1. The average Bonchev–Trinajstić information content (AvgIpc) is 3.05. The second-order valence-corrected chi connectivity index (χ2v) is 15.5. The van der Waals surface area contributed by atoms with E-state index in [1.54, 1.807) is 74.2 Å². The lowest BCUT2D eigenvalue weighted by Crippen LogP contribution is -2.68. The topological polar surface area (TPSA) is 179 Å². The van der Waals surface area contributed by atoms with Crippen LogP contribution in [0.5, 0.6) is 0 Å². The van der Waals surface area contributed by atoms with Gasteiger partial charge in [-0.1, -0.05) is 60.6 Å². The van der Waals surface area contributed by atoms with Gasteiger partial charge in [0.05, 0.1) is 42.7 Å². The van der Waals surface area contributed by atoms with Gasteiger partial charge >= 0.3 is 11.9 Å². The molecule has 2 aliphatic rings. The molecule has 2 fully saturated rings. The third-order valence-corrected chi connectivity index (χ3v) is 11.3. The number of halogens is 2. The number of aliphatic hydroxyl groups excluding tert-OH is 2. The van der Waals surface area contributed by atoms with Crippen LogP contribution >= 0.6 is 46.7 Å². The molecule has 2 aliphatic heterocycles. The predicted molar refractivity (Wildman–Crippen MR) is 193 cm³/mol. The van der Waals surface area contributed by atoms with Crippen LogP contribution in [-0.2, 0) is 33.5 Å². The van der Waals surface area contributed by atoms with E-state index in [0.29, 0.717) is 27.9 Å². The summed E-state index contributed by atoms with van der Waals surface area (Å²) in [5.74, 6) is -4.53. The van der Waals surface area contributed by atoms with Crippen molar-refractivity contribution in [2.24, 2.45) is 23.7 Å². The van der Waals surface area contributed by atoms with Crippen LogP contribution in [0.4, 0.5) is 0 Å². The van der Waals surface area contributed by atoms with Crippen molar-refractivity contribution in [3.05, 3.63) is 58.6 Å². The summed E-state index contributed by atoms with van der Waals surface area (Å²) in [7, 11) is 0. The highest BCUT2D eigenvalue weighted by Crippen LogP contribution is 2.39. The molecule has 0 unspecified atom stereocenters. The summed E-state index contributed by atoms with van der Waals surface area (Å²) >= 11 is 13.8. The lowest BCUT2D eigenvalue weighted by Gasteiger charge is -2.50. The molecule has 0 saturated carbocycles. The van der Waals surface area contributed by atoms with Crippen molar-refractivity contribution in [2.45, 2.75) is 75.1 Å². The minimum atomic E-state index is -1.15. The molecular weight excluding hydrogens is 743 g/mol. The van der Waals surface area contributed by atoms with E-state index in [9.17, 15) is 39.0 Å². The Morgan fingerprint density at radius 2 is 1.14 bits per heavy atom. The summed E-state index contributed by atoms with van der Waals surface area (Å²) in [4.78, 5) is 75.6. The number of aliphatic hydroxyl groups is 2. The zero-order valence-corrected chi connectivity index (χ0v) is 31.9. The summed E-state index contributed by atoms with van der Waals surface area (Å²) < 4.78 is 4.89. The molecule has 0 bridgehead atoms. The molecule has 12 nitrogen and oxygen atoms in total. The van der Waals surface area contributed by atoms with Crippen LogP contribution in [-0.4, -0.2) is 103 Å². The highest BCUT2D eigenvalue weighted by molar-refractivity contribution is 8.14. The Morgan fingerprint density at radius 3 is 1.51 bits per heavy atom. The van der Waals surface area contributed by atoms with Gasteiger partial charge in [-0.3, -0.25) is 28.8 Å². The normalized spacial score (nSPS) is 22.0. The summed E-state index contributed by atoms with van der Waals surface area (Å²) in [5, 5.41) is 29.6. The van der Waals surface area contributed by atoms with Gasteiger partial charge in [0.25, 0.3) is 0 Å². The quantitative estimate of drug-likeness (QED) is 0.105. The molecule has 0 radical (unpaired) electrons. The standard InChI is InChI=1S/C19H24ClNO5S.C16H18ClNO5S/c1-11(19(25)27-15-7-5-14(20)6-8-15)17-16(12(2)22)18(24)21(17)9-4-10-26-13(3)23;1-8(16(23)24-11-5-3-10(17)4-6-11)14-13(9(2)19)15(22)18(14)7-12(20)21/h5-8,11-12,16-17,22H,4,9-10H2,1-3H3;3-6,8-9,13-14,19H,7H2,1-2H3,(H,20,21)/t11-,12-,16-,17-;8-,9-,13-,14-/m11/s1. The second-order valence-electron chi connectivity index (χ2n) is 12.4. The Kier molecular flexibility index (Phi) is 15.8. The number of carboxylic acid groups (broad SMARTS) is 1. The van der Waals surface area contributed by atoms with Crippen molar-refractivity contribution in [1.82, 2.24) is 9.80 Å². The van der Waals surface area contributed by atoms with Gasteiger partial charge in [0, 0.05) is 45.1 Å². The SMILES string of the molecule is CC(=O)OCCCN1C(=O)[C@H]([C@@H](C)O)[C@H]1[C@@H](C)C(=O)Sc1ccc(Cl)cc1.C[C@@H](O)[C@H]1C(=O)N(CC(=O)O)[C@@H]1[C@@H](C)C(=O)Sc1ccc(Cl)cc1. The zero-order valence-electron chi connectivity index (χ0n) is 28.7. The van der Waals surface area contributed by atoms with Gasteiger partial charge in [-0.05, 0) is 68.8 Å². The molecule has 0 spiro atoms. The Bertz CT molecular complexity index is 1580. The number of amides is 2. The number of aliphatic carboxylic acids is 1. The Morgan fingerprint density at radius 1 is 0.745 bits per heavy atom. The minimum Gasteiger partial charge on any atom is -0.480 e. The van der Waals surface area contributed by atoms with Crippen molar-refractivity contribution in [3.8, 4) is 0 Å². The van der Waals surface area contributed by atoms with Gasteiger partial charge < -0.3 is 29.9 Å². The molecule has 51 heavy (non-hydrogen) atoms. The average molecular weight is 786 g/mol. The molecule has 3 N–H and O–H groups in total. The van der Waals surface area contributed by atoms with E-state index in [-0.39, 0.29) is 34.8 Å². The molecule has 278 valence electrons. The van der Waals surface area contributed by atoms with Crippen molar-refractivity contribution in [2.75, 3.05) is 19.7 Å². The second kappa shape index (κ2) is 19.1. The zero-order chi connectivity index (χ0) is 38.2. The third kappa shape index (κ3) is 11.2. The van der Waals surface area contributed by atoms with E-state index in [4.69, 9.17) is 33.0 Å². The van der Waals surface area contributed by atoms with Crippen LogP contribution in [0, 0.1) is 23.7 Å². The number of nitrogens with zero attached hydrogens (tertiary/aromatic N) is 2. The maximum absolute atomic E-state index is 12.7. The first-order valence-electron chi connectivity index (χ1n) is 16.2. The van der Waals surface area contributed by atoms with Crippen molar-refractivity contribution in [1.29, 1.82) is 0 Å². The van der Waals surface area contributed by atoms with E-state index < -0.39 is 60.3 Å². The first kappa shape index (κ1) is 42.3. The van der Waals surface area contributed by atoms with E-state index in [1.165, 1.54) is 13.8 Å². The molecular formula is C35H42Cl2N2O10S2. The van der Waals surface area contributed by atoms with Crippen LogP contribution in [0.2, 0.25) is 10.0 Å². The van der Waals surface area contributed by atoms with E-state index in [0.717, 1.165) is 33.3 Å². The van der Waals surface area contributed by atoms with Gasteiger partial charge in [0.1, 0.15) is 6.54 Å². The van der Waals surface area contributed by atoms with E-state index in [1.807, 2.05) is 0 Å². The molecule has 2 amide bonds. The Labute approximate surface area is 315 Å². The predicted octanol–water partition coefficient (Wildman–Crippen LogP) is 4.64. The van der Waals surface area contributed by atoms with E-state index in [2.05, 4.69) is 0 Å². The van der Waals surface area contributed by atoms with Gasteiger partial charge in [0.2, 0.25) is 11.8 Å². The molecule has 16 heteroatoms. The molecule has 2 saturated heterocycles. The van der Waals surface area contributed by atoms with Crippen molar-refractivity contribution in [3.63, 3.8) is 0 Å². The Hall–Kier alpha value is -3.14. The molecule has 2 aromatic carbocycles. The molecule has 4 rings (SSSR count). The summed E-state index contributed by atoms with van der Waals surface area (Å²) in [6.07, 6.45) is -1.29. The molecule has 2 aromatic rings. The fourth-order valence-electron chi connectivity index (χ4n) is 6.08. The van der Waals surface area contributed by atoms with Crippen molar-refractivity contribution >= 4 is 80.7 Å². The highest BCUT2D eigenvalue weighted by Gasteiger charge is 2.54. The first-order valence-corrected chi connectivity index (χ1v) is 18.6. The number of β-lactam (4-membered cyclic amide) rings is 2. The number of ether oxygens (including phenoxy) is 1. The number of likely N-dealkylation sites (tertiary alicyclic amines) is 2. The number of benzene rings is 2. The van der Waals surface area contributed by atoms with Gasteiger partial charge in [0.15, 0.2) is 10.2 Å². The summed E-state index contributed by atoms with van der Waals surface area (Å²) in [5.41, 5.74) is 0. The van der Waals surface area contributed by atoms with Gasteiger partial charge in [-0.25, -0.2) is 0 Å². The molecule has 2 heterocycles. The molecule has 0 aromatic heterocycles. The largest absolute Gasteiger partial charge is 0.480 e. The molecule has 8 atom stereocenters. The number of carboxylic acids is 1. The minimum absolute atomic E-state index is 0.0783. The maximum Gasteiger partial charge on any atom is 0.323 e. The third-order valence-electron chi connectivity index (χ3n) is 8.62. The van der Waals surface area contributed by atoms with Crippen LogP contribution in [0.3, 0.4) is 0 Å². The van der Waals surface area contributed by atoms with Gasteiger partial charge in [-0.15, -0.1) is 0 Å². The monoisotopic (exact) mass is 784 g/mol. The van der Waals surface area contributed by atoms with Crippen LogP contribution in [0.25, 0.3) is 0 Å². The molecule has 0 aliphatic carbocycles.